The van der Waals surface area contributed by atoms with Crippen LogP contribution in [0.15, 0.2) is 42.5 Å². The van der Waals surface area contributed by atoms with Gasteiger partial charge in [0.05, 0.1) is 0 Å². The zero-order valence-electron chi connectivity index (χ0n) is 15.8. The van der Waals surface area contributed by atoms with Crippen molar-refractivity contribution in [2.24, 2.45) is 0 Å². The number of carbonyl (C=O) groups excluding carboxylic acids is 2. The van der Waals surface area contributed by atoms with Crippen LogP contribution in [0.1, 0.15) is 48.0 Å². The molecule has 0 aliphatic heterocycles. The van der Waals surface area contributed by atoms with Gasteiger partial charge in [0.15, 0.2) is 0 Å². The molecule has 27 heavy (non-hydrogen) atoms. The van der Waals surface area contributed by atoms with Gasteiger partial charge in [-0.15, -0.1) is 0 Å². The van der Waals surface area contributed by atoms with Crippen molar-refractivity contribution in [3.8, 4) is 11.1 Å². The van der Waals surface area contributed by atoms with Crippen LogP contribution >= 0.6 is 0 Å². The van der Waals surface area contributed by atoms with Gasteiger partial charge in [0, 0.05) is 12.6 Å². The van der Waals surface area contributed by atoms with Crippen LogP contribution in [0, 0.1) is 12.7 Å². The first-order chi connectivity index (χ1) is 12.9. The quantitative estimate of drug-likeness (QED) is 0.858. The van der Waals surface area contributed by atoms with E-state index in [0.717, 1.165) is 36.0 Å². The van der Waals surface area contributed by atoms with Crippen LogP contribution in [0.3, 0.4) is 0 Å². The normalized spacial score (nSPS) is 15.8. The average molecular weight is 368 g/mol. The molecule has 1 aliphatic rings. The molecule has 1 saturated carbocycles. The van der Waals surface area contributed by atoms with E-state index in [2.05, 4.69) is 10.6 Å². The van der Waals surface area contributed by atoms with Gasteiger partial charge >= 0.3 is 0 Å². The van der Waals surface area contributed by atoms with Crippen molar-refractivity contribution >= 4 is 11.8 Å². The van der Waals surface area contributed by atoms with E-state index in [0.29, 0.717) is 18.4 Å². The Morgan fingerprint density at radius 2 is 1.78 bits per heavy atom. The number of aryl methyl sites for hydroxylation is 1. The molecule has 0 radical (unpaired) electrons. The fourth-order valence-electron chi connectivity index (χ4n) is 3.87. The molecule has 2 N–H and O–H groups in total. The maximum Gasteiger partial charge on any atom is 0.252 e. The Balaban J connectivity index is 1.87. The van der Waals surface area contributed by atoms with E-state index < -0.39 is 5.54 Å². The summed E-state index contributed by atoms with van der Waals surface area (Å²) in [6, 6.07) is 11.8. The molecule has 0 saturated heterocycles. The summed E-state index contributed by atoms with van der Waals surface area (Å²) in [5.41, 5.74) is 2.18. The van der Waals surface area contributed by atoms with Crippen molar-refractivity contribution in [2.45, 2.75) is 44.6 Å². The predicted molar refractivity (Wildman–Crippen MR) is 104 cm³/mol. The average Bonchev–Trinajstić information content (AvgIpc) is 2.68. The van der Waals surface area contributed by atoms with Crippen LogP contribution in [0.4, 0.5) is 4.39 Å². The van der Waals surface area contributed by atoms with Crippen LogP contribution in [-0.4, -0.2) is 24.4 Å². The molecule has 0 unspecified atom stereocenters. The lowest BCUT2D eigenvalue weighted by atomic mass is 9.80. The molecule has 142 valence electrons. The minimum absolute atomic E-state index is 0.138. The van der Waals surface area contributed by atoms with E-state index >= 15 is 0 Å². The van der Waals surface area contributed by atoms with E-state index in [1.807, 2.05) is 13.0 Å². The van der Waals surface area contributed by atoms with Crippen molar-refractivity contribution in [2.75, 3.05) is 7.05 Å². The van der Waals surface area contributed by atoms with Gasteiger partial charge in [0.1, 0.15) is 11.4 Å². The number of hydrogen-bond acceptors (Lipinski definition) is 2. The highest BCUT2D eigenvalue weighted by molar-refractivity contribution is 6.00. The topological polar surface area (TPSA) is 58.2 Å². The Morgan fingerprint density at radius 1 is 1.04 bits per heavy atom. The molecule has 2 amide bonds. The lowest BCUT2D eigenvalue weighted by Gasteiger charge is -2.36. The second kappa shape index (κ2) is 7.91. The zero-order chi connectivity index (χ0) is 19.4. The minimum Gasteiger partial charge on any atom is -0.357 e. The van der Waals surface area contributed by atoms with Gasteiger partial charge in [-0.25, -0.2) is 4.39 Å². The molecule has 3 rings (SSSR count). The smallest absolute Gasteiger partial charge is 0.252 e. The molecular formula is C22H25FN2O2. The number of carbonyl (C=O) groups is 2. The Kier molecular flexibility index (Phi) is 5.59. The van der Waals surface area contributed by atoms with Gasteiger partial charge in [0.25, 0.3) is 5.91 Å². The first-order valence-electron chi connectivity index (χ1n) is 9.36. The first kappa shape index (κ1) is 19.1. The highest BCUT2D eigenvalue weighted by atomic mass is 19.1. The highest BCUT2D eigenvalue weighted by Crippen LogP contribution is 2.30. The first-order valence-corrected chi connectivity index (χ1v) is 9.36. The predicted octanol–water partition coefficient (Wildman–Crippen LogP) is 3.98. The fraction of sp³-hybridized carbons (Fsp3) is 0.364. The number of amides is 2. The standard InChI is InChI=1S/C22H25FN2O2/c1-15-13-18(23)9-10-19(15)16-7-6-8-17(14-16)20(26)25-22(21(27)24-2)11-4-3-5-12-22/h6-10,13-14H,3-5,11-12H2,1-2H3,(H,24,27)(H,25,26). The van der Waals surface area contributed by atoms with E-state index in [1.165, 1.54) is 12.1 Å². The summed E-state index contributed by atoms with van der Waals surface area (Å²) in [5.74, 6) is -0.682. The monoisotopic (exact) mass is 368 g/mol. The largest absolute Gasteiger partial charge is 0.357 e. The number of nitrogens with one attached hydrogen (secondary N) is 2. The number of hydrogen-bond donors (Lipinski definition) is 2. The third-order valence-corrected chi connectivity index (χ3v) is 5.35. The van der Waals surface area contributed by atoms with E-state index in [4.69, 9.17) is 0 Å². The van der Waals surface area contributed by atoms with Crippen molar-refractivity contribution in [3.63, 3.8) is 0 Å². The summed E-state index contributed by atoms with van der Waals surface area (Å²) < 4.78 is 13.4. The lowest BCUT2D eigenvalue weighted by molar-refractivity contribution is -0.128. The number of halogens is 1. The second-order valence-corrected chi connectivity index (χ2v) is 7.22. The zero-order valence-corrected chi connectivity index (χ0v) is 15.8. The highest BCUT2D eigenvalue weighted by Gasteiger charge is 2.40. The summed E-state index contributed by atoms with van der Waals surface area (Å²) >= 11 is 0. The van der Waals surface area contributed by atoms with Gasteiger partial charge in [-0.1, -0.05) is 37.5 Å². The van der Waals surface area contributed by atoms with E-state index in [-0.39, 0.29) is 17.6 Å². The maximum absolute atomic E-state index is 13.4. The Hall–Kier alpha value is -2.69. The van der Waals surface area contributed by atoms with Gasteiger partial charge in [-0.05, 0) is 60.7 Å². The third-order valence-electron chi connectivity index (χ3n) is 5.35. The maximum atomic E-state index is 13.4. The molecular weight excluding hydrogens is 343 g/mol. The van der Waals surface area contributed by atoms with Crippen LogP contribution in [0.2, 0.25) is 0 Å². The van der Waals surface area contributed by atoms with Crippen molar-refractivity contribution in [1.82, 2.24) is 10.6 Å². The number of rotatable bonds is 4. The molecule has 0 aromatic heterocycles. The Labute approximate surface area is 159 Å². The molecule has 0 bridgehead atoms. The van der Waals surface area contributed by atoms with Crippen molar-refractivity contribution in [3.05, 3.63) is 59.4 Å². The molecule has 5 heteroatoms. The molecule has 1 fully saturated rings. The minimum atomic E-state index is -0.841. The summed E-state index contributed by atoms with van der Waals surface area (Å²) in [4.78, 5) is 25.4. The lowest BCUT2D eigenvalue weighted by Crippen LogP contribution is -2.59. The van der Waals surface area contributed by atoms with Gasteiger partial charge < -0.3 is 10.6 Å². The molecule has 2 aromatic rings. The molecule has 1 aliphatic carbocycles. The fourth-order valence-corrected chi connectivity index (χ4v) is 3.87. The molecule has 4 nitrogen and oxygen atoms in total. The van der Waals surface area contributed by atoms with Gasteiger partial charge in [-0.2, -0.15) is 0 Å². The van der Waals surface area contributed by atoms with Crippen LogP contribution in [-0.2, 0) is 4.79 Å². The summed E-state index contributed by atoms with van der Waals surface area (Å²) in [6.45, 7) is 1.84. The third kappa shape index (κ3) is 4.02. The Morgan fingerprint density at radius 3 is 2.44 bits per heavy atom. The second-order valence-electron chi connectivity index (χ2n) is 7.22. The van der Waals surface area contributed by atoms with Gasteiger partial charge in [0.2, 0.25) is 5.91 Å². The molecule has 0 spiro atoms. The SMILES string of the molecule is CNC(=O)C1(NC(=O)c2cccc(-c3ccc(F)cc3C)c2)CCCCC1. The summed E-state index contributed by atoms with van der Waals surface area (Å²) in [5, 5.41) is 5.68. The van der Waals surface area contributed by atoms with Crippen LogP contribution in [0.5, 0.6) is 0 Å². The molecule has 0 heterocycles. The summed E-state index contributed by atoms with van der Waals surface area (Å²) in [6.07, 6.45) is 4.21. The number of benzene rings is 2. The van der Waals surface area contributed by atoms with Crippen molar-refractivity contribution < 1.29 is 14.0 Å². The van der Waals surface area contributed by atoms with E-state index in [9.17, 15) is 14.0 Å². The number of likely N-dealkylation sites (N-methyl/N-ethyl adjacent to an activating group) is 1. The molecule has 0 atom stereocenters. The van der Waals surface area contributed by atoms with Crippen LogP contribution in [0.25, 0.3) is 11.1 Å². The summed E-state index contributed by atoms with van der Waals surface area (Å²) in [7, 11) is 1.60. The van der Waals surface area contributed by atoms with Crippen LogP contribution < -0.4 is 10.6 Å². The van der Waals surface area contributed by atoms with Gasteiger partial charge in [-0.3, -0.25) is 9.59 Å². The Bertz CT molecular complexity index is 857. The van der Waals surface area contributed by atoms with E-state index in [1.54, 1.807) is 31.3 Å². The van der Waals surface area contributed by atoms with Crippen molar-refractivity contribution in [1.29, 1.82) is 0 Å². The molecule has 2 aromatic carbocycles.